The summed E-state index contributed by atoms with van der Waals surface area (Å²) in [5.74, 6) is 3.05. The van der Waals surface area contributed by atoms with E-state index in [1.54, 1.807) is 18.2 Å². The van der Waals surface area contributed by atoms with Crippen LogP contribution in [0.25, 0.3) is 22.0 Å². The number of aromatic nitrogens is 2. The number of fused-ring (bicyclic) bond motifs is 1. The van der Waals surface area contributed by atoms with Crippen molar-refractivity contribution >= 4 is 45.6 Å². The minimum atomic E-state index is 0.290. The third-order valence-corrected chi connectivity index (χ3v) is 7.38. The van der Waals surface area contributed by atoms with Crippen molar-refractivity contribution in [3.05, 3.63) is 98.8 Å². The van der Waals surface area contributed by atoms with E-state index in [1.807, 2.05) is 55.5 Å². The van der Waals surface area contributed by atoms with E-state index < -0.39 is 0 Å². The van der Waals surface area contributed by atoms with Gasteiger partial charge in [0.05, 0.1) is 15.6 Å². The van der Waals surface area contributed by atoms with Gasteiger partial charge in [-0.2, -0.15) is 0 Å². The molecule has 6 rings (SSSR count). The molecule has 1 aliphatic rings. The zero-order chi connectivity index (χ0) is 25.5. The minimum absolute atomic E-state index is 0.290. The highest BCUT2D eigenvalue weighted by Crippen LogP contribution is 2.46. The van der Waals surface area contributed by atoms with Crippen LogP contribution in [0, 0.1) is 6.92 Å². The third kappa shape index (κ3) is 4.99. The highest BCUT2D eigenvalue weighted by Gasteiger charge is 2.33. The molecule has 0 N–H and O–H groups in total. The van der Waals surface area contributed by atoms with Gasteiger partial charge in [0, 0.05) is 17.5 Å². The fraction of sp³-hybridized carbons (Fsp3) is 0.172. The molecule has 3 aromatic carbocycles. The van der Waals surface area contributed by atoms with Crippen LogP contribution in [-0.2, 0) is 6.61 Å². The predicted octanol–water partition coefficient (Wildman–Crippen LogP) is 9.41. The van der Waals surface area contributed by atoms with Crippen LogP contribution in [0.15, 0.2) is 71.3 Å². The lowest BCUT2D eigenvalue weighted by Gasteiger charge is -2.11. The number of nitrogens with zero attached hydrogens (tertiary/aromatic N) is 2. The van der Waals surface area contributed by atoms with Gasteiger partial charge in [-0.15, -0.1) is 0 Å². The number of rotatable bonds is 7. The molecule has 0 atom stereocenters. The highest BCUT2D eigenvalue weighted by molar-refractivity contribution is 6.39. The molecule has 0 radical (unpaired) electrons. The van der Waals surface area contributed by atoms with Crippen LogP contribution in [-0.4, -0.2) is 10.1 Å². The van der Waals surface area contributed by atoms with E-state index in [9.17, 15) is 0 Å². The van der Waals surface area contributed by atoms with Crippen LogP contribution in [0.3, 0.4) is 0 Å². The van der Waals surface area contributed by atoms with E-state index in [-0.39, 0.29) is 0 Å². The topological polar surface area (TPSA) is 57.4 Å². The minimum Gasteiger partial charge on any atom is -0.489 e. The molecule has 186 valence electrons. The Morgan fingerprint density at radius 2 is 1.59 bits per heavy atom. The summed E-state index contributed by atoms with van der Waals surface area (Å²) in [5.41, 5.74) is 3.07. The first kappa shape index (κ1) is 24.1. The number of hydrogen-bond acceptors (Lipinski definition) is 5. The summed E-state index contributed by atoms with van der Waals surface area (Å²) in [6.07, 6.45) is 2.14. The van der Waals surface area contributed by atoms with Crippen LogP contribution >= 0.6 is 34.8 Å². The Kier molecular flexibility index (Phi) is 6.45. The molecule has 0 unspecified atom stereocenters. The smallest absolute Gasteiger partial charge is 0.220 e. The summed E-state index contributed by atoms with van der Waals surface area (Å²) in [5, 5.41) is 7.84. The van der Waals surface area contributed by atoms with E-state index in [4.69, 9.17) is 48.8 Å². The maximum absolute atomic E-state index is 6.47. The molecule has 0 bridgehead atoms. The fourth-order valence-electron chi connectivity index (χ4n) is 4.22. The molecule has 0 spiro atoms. The largest absolute Gasteiger partial charge is 0.489 e. The molecule has 2 heterocycles. The molecule has 0 saturated heterocycles. The Balaban J connectivity index is 1.24. The van der Waals surface area contributed by atoms with Crippen molar-refractivity contribution in [1.82, 2.24) is 10.1 Å². The lowest BCUT2D eigenvalue weighted by molar-refractivity contribution is 0.301. The van der Waals surface area contributed by atoms with Gasteiger partial charge in [-0.1, -0.05) is 64.2 Å². The Bertz CT molecular complexity index is 1610. The monoisotopic (exact) mass is 550 g/mol. The van der Waals surface area contributed by atoms with E-state index >= 15 is 0 Å². The normalized spacial score (nSPS) is 13.2. The maximum Gasteiger partial charge on any atom is 0.220 e. The van der Waals surface area contributed by atoms with Crippen LogP contribution in [0.4, 0.5) is 0 Å². The first-order valence-corrected chi connectivity index (χ1v) is 13.0. The Morgan fingerprint density at radius 3 is 2.30 bits per heavy atom. The third-order valence-electron chi connectivity index (χ3n) is 6.36. The van der Waals surface area contributed by atoms with Crippen molar-refractivity contribution in [3.63, 3.8) is 0 Å². The average Bonchev–Trinajstić information content (AvgIpc) is 3.65. The molecule has 1 fully saturated rings. The quantitative estimate of drug-likeness (QED) is 0.189. The molecule has 37 heavy (non-hydrogen) atoms. The second-order valence-corrected chi connectivity index (χ2v) is 10.2. The van der Waals surface area contributed by atoms with Crippen LogP contribution in [0.5, 0.6) is 17.4 Å². The van der Waals surface area contributed by atoms with Gasteiger partial charge in [0.15, 0.2) is 0 Å². The van der Waals surface area contributed by atoms with Crippen molar-refractivity contribution in [2.45, 2.75) is 32.3 Å². The summed E-state index contributed by atoms with van der Waals surface area (Å²) in [6.45, 7) is 2.19. The van der Waals surface area contributed by atoms with Gasteiger partial charge in [-0.3, -0.25) is 0 Å². The van der Waals surface area contributed by atoms with E-state index in [0.29, 0.717) is 50.6 Å². The highest BCUT2D eigenvalue weighted by atomic mass is 35.5. The predicted molar refractivity (Wildman–Crippen MR) is 146 cm³/mol. The molecule has 1 aliphatic carbocycles. The standard InChI is InChI=1S/C29H21Cl3N2O3/c1-16-5-12-25(33-29(16)32)36-21-11-9-18-13-20(10-8-19(18)14-21)35-15-22-27(34-37-28(22)17-6-7-17)26-23(30)3-2-4-24(26)31/h2-5,8-14,17H,6-7,15H2,1H3. The van der Waals surface area contributed by atoms with E-state index in [0.717, 1.165) is 46.3 Å². The second-order valence-electron chi connectivity index (χ2n) is 9.06. The lowest BCUT2D eigenvalue weighted by Crippen LogP contribution is -2.00. The number of halogens is 3. The molecule has 0 amide bonds. The summed E-state index contributed by atoms with van der Waals surface area (Å²) in [7, 11) is 0. The first-order chi connectivity index (χ1) is 18.0. The van der Waals surface area contributed by atoms with Gasteiger partial charge >= 0.3 is 0 Å². The molecule has 0 aliphatic heterocycles. The number of pyridine rings is 1. The first-order valence-electron chi connectivity index (χ1n) is 11.9. The molecular formula is C29H21Cl3N2O3. The van der Waals surface area contributed by atoms with Gasteiger partial charge < -0.3 is 14.0 Å². The molecule has 1 saturated carbocycles. The Labute approximate surface area is 228 Å². The van der Waals surface area contributed by atoms with E-state index in [1.165, 1.54) is 0 Å². The van der Waals surface area contributed by atoms with Crippen molar-refractivity contribution in [2.75, 3.05) is 0 Å². The second kappa shape index (κ2) is 9.90. The Morgan fingerprint density at radius 1 is 0.892 bits per heavy atom. The number of benzene rings is 3. The molecule has 8 heteroatoms. The van der Waals surface area contributed by atoms with Crippen molar-refractivity contribution < 1.29 is 14.0 Å². The summed E-state index contributed by atoms with van der Waals surface area (Å²) in [6, 6.07) is 20.8. The lowest BCUT2D eigenvalue weighted by atomic mass is 10.0. The van der Waals surface area contributed by atoms with Crippen molar-refractivity contribution in [1.29, 1.82) is 0 Å². The number of hydrogen-bond donors (Lipinski definition) is 0. The van der Waals surface area contributed by atoms with Gasteiger partial charge in [0.25, 0.3) is 0 Å². The number of aryl methyl sites for hydroxylation is 1. The molecule has 5 nitrogen and oxygen atoms in total. The maximum atomic E-state index is 6.47. The summed E-state index contributed by atoms with van der Waals surface area (Å²) >= 11 is 19.1. The van der Waals surface area contributed by atoms with Crippen molar-refractivity contribution in [3.8, 4) is 28.6 Å². The zero-order valence-electron chi connectivity index (χ0n) is 19.8. The van der Waals surface area contributed by atoms with Gasteiger partial charge in [0.2, 0.25) is 5.88 Å². The van der Waals surface area contributed by atoms with Gasteiger partial charge in [-0.25, -0.2) is 4.98 Å². The molecular weight excluding hydrogens is 531 g/mol. The molecule has 2 aromatic heterocycles. The summed E-state index contributed by atoms with van der Waals surface area (Å²) < 4.78 is 17.9. The van der Waals surface area contributed by atoms with Crippen molar-refractivity contribution in [2.24, 2.45) is 0 Å². The Hall–Kier alpha value is -3.25. The average molecular weight is 552 g/mol. The SMILES string of the molecule is Cc1ccc(Oc2ccc3cc(OCc4c(-c5c(Cl)cccc5Cl)noc4C4CC4)ccc3c2)nc1Cl. The van der Waals surface area contributed by atoms with Crippen LogP contribution < -0.4 is 9.47 Å². The van der Waals surface area contributed by atoms with Gasteiger partial charge in [0.1, 0.15) is 34.7 Å². The molecule has 5 aromatic rings. The zero-order valence-corrected chi connectivity index (χ0v) is 22.1. The fourth-order valence-corrected chi connectivity index (χ4v) is 4.95. The summed E-state index contributed by atoms with van der Waals surface area (Å²) in [4.78, 5) is 4.27. The van der Waals surface area contributed by atoms with Crippen LogP contribution in [0.1, 0.15) is 35.6 Å². The van der Waals surface area contributed by atoms with Crippen LogP contribution in [0.2, 0.25) is 15.2 Å². The van der Waals surface area contributed by atoms with Gasteiger partial charge in [-0.05, 0) is 72.5 Å². The number of ether oxygens (including phenoxy) is 2. The van der Waals surface area contributed by atoms with E-state index in [2.05, 4.69) is 10.1 Å².